The number of aromatic nitrogens is 1. The summed E-state index contributed by atoms with van der Waals surface area (Å²) in [5.74, 6) is -0.680. The van der Waals surface area contributed by atoms with Crippen LogP contribution in [0.2, 0.25) is 5.02 Å². The summed E-state index contributed by atoms with van der Waals surface area (Å²) >= 11 is 6.10. The summed E-state index contributed by atoms with van der Waals surface area (Å²) < 4.78 is 49.6. The van der Waals surface area contributed by atoms with Gasteiger partial charge in [-0.05, 0) is 74.3 Å². The Labute approximate surface area is 237 Å². The third-order valence-corrected chi connectivity index (χ3v) is 5.98. The number of anilines is 2. The van der Waals surface area contributed by atoms with Crippen molar-refractivity contribution >= 4 is 52.0 Å². The fourth-order valence-electron chi connectivity index (χ4n) is 3.88. The van der Waals surface area contributed by atoms with Crippen LogP contribution in [0.3, 0.4) is 0 Å². The van der Waals surface area contributed by atoms with Crippen LogP contribution in [0.15, 0.2) is 72.9 Å². The molecule has 214 valence electrons. The van der Waals surface area contributed by atoms with E-state index in [-0.39, 0.29) is 16.9 Å². The molecule has 0 radical (unpaired) electrons. The van der Waals surface area contributed by atoms with Crippen LogP contribution in [0.5, 0.6) is 0 Å². The predicted octanol–water partition coefficient (Wildman–Crippen LogP) is 6.82. The Morgan fingerprint density at radius 1 is 0.927 bits per heavy atom. The van der Waals surface area contributed by atoms with Gasteiger partial charge in [0.05, 0.1) is 22.3 Å². The topological polar surface area (TPSA) is 102 Å². The monoisotopic (exact) mass is 588 g/mol. The summed E-state index contributed by atoms with van der Waals surface area (Å²) in [6.45, 7) is 0.0398. The maximum absolute atomic E-state index is 12.8. The van der Waals surface area contributed by atoms with Crippen molar-refractivity contribution in [2.45, 2.75) is 12.7 Å². The van der Waals surface area contributed by atoms with Crippen LogP contribution in [-0.2, 0) is 22.2 Å². The largest absolute Gasteiger partial charge is 0.424 e. The molecule has 0 spiro atoms. The first-order valence-corrected chi connectivity index (χ1v) is 12.4. The molecule has 0 aliphatic rings. The summed E-state index contributed by atoms with van der Waals surface area (Å²) in [6, 6.07) is 14.5. The quantitative estimate of drug-likeness (QED) is 0.181. The number of hydrogen-bond donors (Lipinski definition) is 2. The highest BCUT2D eigenvalue weighted by molar-refractivity contribution is 6.31. The van der Waals surface area contributed by atoms with Crippen molar-refractivity contribution in [3.63, 3.8) is 0 Å². The van der Waals surface area contributed by atoms with Crippen LogP contribution in [0.25, 0.3) is 10.9 Å². The molecule has 4 aromatic rings. The zero-order chi connectivity index (χ0) is 29.7. The van der Waals surface area contributed by atoms with Crippen molar-refractivity contribution in [1.82, 2.24) is 9.47 Å². The molecule has 0 bridgehead atoms. The molecule has 4 rings (SSSR count). The van der Waals surface area contributed by atoms with Gasteiger partial charge in [0, 0.05) is 28.8 Å². The van der Waals surface area contributed by atoms with Gasteiger partial charge in [0.25, 0.3) is 0 Å². The molecule has 2 N–H and O–H groups in total. The smallest absolute Gasteiger partial charge is 0.421 e. The van der Waals surface area contributed by atoms with E-state index < -0.39 is 36.6 Å². The highest BCUT2D eigenvalue weighted by atomic mass is 35.5. The minimum atomic E-state index is -4.51. The van der Waals surface area contributed by atoms with Crippen LogP contribution in [0.1, 0.15) is 21.5 Å². The molecule has 0 saturated carbocycles. The number of amides is 2. The minimum Gasteiger partial charge on any atom is -0.424 e. The molecular weight excluding hydrogens is 565 g/mol. The second-order valence-corrected chi connectivity index (χ2v) is 9.56. The number of carbonyl (C=O) groups is 3. The Hall–Kier alpha value is -4.55. The lowest BCUT2D eigenvalue weighted by molar-refractivity contribution is -0.137. The molecule has 0 atom stereocenters. The van der Waals surface area contributed by atoms with E-state index in [9.17, 15) is 27.6 Å². The molecule has 0 aliphatic carbocycles. The third kappa shape index (κ3) is 7.56. The predicted molar refractivity (Wildman–Crippen MR) is 147 cm³/mol. The number of fused-ring (bicyclic) bond motifs is 1. The Kier molecular flexibility index (Phi) is 8.84. The molecule has 13 heteroatoms. The number of rotatable bonds is 7. The molecule has 1 aromatic heterocycles. The molecule has 0 unspecified atom stereocenters. The molecule has 0 aliphatic heterocycles. The summed E-state index contributed by atoms with van der Waals surface area (Å²) in [7, 11) is 3.85. The van der Waals surface area contributed by atoms with Gasteiger partial charge in [0.2, 0.25) is 6.79 Å². The van der Waals surface area contributed by atoms with Crippen molar-refractivity contribution in [2.24, 2.45) is 0 Å². The highest BCUT2D eigenvalue weighted by Crippen LogP contribution is 2.31. The number of esters is 1. The van der Waals surface area contributed by atoms with E-state index in [1.807, 2.05) is 19.0 Å². The lowest BCUT2D eigenvalue weighted by Gasteiger charge is -2.10. The second-order valence-electron chi connectivity index (χ2n) is 9.12. The van der Waals surface area contributed by atoms with E-state index in [1.54, 1.807) is 24.3 Å². The standard InChI is InChI=1S/C28H24ClF3N4O5/c1-35(2)14-17-3-5-18(6-4-17)25(37)40-16-41-27(39)36-15-23(22-13-20(29)9-12-24(22)36)34-26(38)33-21-10-7-19(8-11-21)28(30,31)32/h3-13,15H,14,16H2,1-2H3,(H2,33,34,38). The Bertz CT molecular complexity index is 1570. The van der Waals surface area contributed by atoms with Gasteiger partial charge in [-0.3, -0.25) is 4.57 Å². The maximum Gasteiger partial charge on any atom is 0.421 e. The zero-order valence-electron chi connectivity index (χ0n) is 21.8. The van der Waals surface area contributed by atoms with Gasteiger partial charge in [-0.1, -0.05) is 23.7 Å². The number of nitrogens with one attached hydrogen (secondary N) is 2. The van der Waals surface area contributed by atoms with Gasteiger partial charge in [-0.15, -0.1) is 0 Å². The SMILES string of the molecule is CN(C)Cc1ccc(C(=O)OCOC(=O)n2cc(NC(=O)Nc3ccc(C(F)(F)F)cc3)c3cc(Cl)ccc32)cc1. The van der Waals surface area contributed by atoms with Crippen molar-refractivity contribution < 1.29 is 37.0 Å². The first-order chi connectivity index (χ1) is 19.4. The molecule has 0 fully saturated rings. The first kappa shape index (κ1) is 29.4. The fraction of sp³-hybridized carbons (Fsp3) is 0.179. The number of halogens is 4. The molecule has 0 saturated heterocycles. The van der Waals surface area contributed by atoms with E-state index in [0.717, 1.165) is 34.4 Å². The summed E-state index contributed by atoms with van der Waals surface area (Å²) in [6.07, 6.45) is -4.13. The van der Waals surface area contributed by atoms with Crippen LogP contribution >= 0.6 is 11.6 Å². The molecular formula is C28H24ClF3N4O5. The number of alkyl halides is 3. The van der Waals surface area contributed by atoms with E-state index >= 15 is 0 Å². The van der Waals surface area contributed by atoms with Gasteiger partial charge in [-0.25, -0.2) is 14.4 Å². The van der Waals surface area contributed by atoms with Gasteiger partial charge >= 0.3 is 24.3 Å². The van der Waals surface area contributed by atoms with Gasteiger partial charge in [-0.2, -0.15) is 13.2 Å². The van der Waals surface area contributed by atoms with Crippen molar-refractivity contribution in [1.29, 1.82) is 0 Å². The first-order valence-electron chi connectivity index (χ1n) is 12.0. The number of hydrogen-bond acceptors (Lipinski definition) is 6. The molecule has 2 amide bonds. The molecule has 1 heterocycles. The van der Waals surface area contributed by atoms with Crippen molar-refractivity contribution in [2.75, 3.05) is 31.5 Å². The van der Waals surface area contributed by atoms with Crippen LogP contribution in [-0.4, -0.2) is 48.4 Å². The third-order valence-electron chi connectivity index (χ3n) is 5.74. The molecule has 41 heavy (non-hydrogen) atoms. The Morgan fingerprint density at radius 2 is 1.61 bits per heavy atom. The number of nitrogens with zero attached hydrogens (tertiary/aromatic N) is 2. The van der Waals surface area contributed by atoms with Crippen molar-refractivity contribution in [3.05, 3.63) is 94.6 Å². The van der Waals surface area contributed by atoms with E-state index in [1.165, 1.54) is 24.4 Å². The van der Waals surface area contributed by atoms with Crippen LogP contribution in [0.4, 0.5) is 34.1 Å². The van der Waals surface area contributed by atoms with E-state index in [4.69, 9.17) is 21.1 Å². The van der Waals surface area contributed by atoms with E-state index in [0.29, 0.717) is 22.5 Å². The summed E-state index contributed by atoms with van der Waals surface area (Å²) in [5, 5.41) is 5.67. The molecule has 3 aromatic carbocycles. The van der Waals surface area contributed by atoms with E-state index in [2.05, 4.69) is 10.6 Å². The van der Waals surface area contributed by atoms with Gasteiger partial charge < -0.3 is 25.0 Å². The lowest BCUT2D eigenvalue weighted by Crippen LogP contribution is -2.20. The van der Waals surface area contributed by atoms with Crippen LogP contribution in [0, 0.1) is 0 Å². The average molecular weight is 589 g/mol. The lowest BCUT2D eigenvalue weighted by atomic mass is 10.1. The number of carbonyl (C=O) groups excluding carboxylic acids is 3. The van der Waals surface area contributed by atoms with Gasteiger partial charge in [0.1, 0.15) is 0 Å². The van der Waals surface area contributed by atoms with Crippen LogP contribution < -0.4 is 10.6 Å². The highest BCUT2D eigenvalue weighted by Gasteiger charge is 2.30. The number of urea groups is 1. The normalized spacial score (nSPS) is 11.4. The summed E-state index contributed by atoms with van der Waals surface area (Å²) in [4.78, 5) is 39.7. The Balaban J connectivity index is 1.41. The number of benzene rings is 3. The maximum atomic E-state index is 12.8. The second kappa shape index (κ2) is 12.3. The fourth-order valence-corrected chi connectivity index (χ4v) is 4.05. The number of ether oxygens (including phenoxy) is 2. The van der Waals surface area contributed by atoms with Crippen molar-refractivity contribution in [3.8, 4) is 0 Å². The average Bonchev–Trinajstić information content (AvgIpc) is 3.25. The summed E-state index contributed by atoms with van der Waals surface area (Å²) in [5.41, 5.74) is 1.05. The Morgan fingerprint density at radius 3 is 2.24 bits per heavy atom. The van der Waals surface area contributed by atoms with Gasteiger partial charge in [0.15, 0.2) is 0 Å². The minimum absolute atomic E-state index is 0.117. The molecule has 9 nitrogen and oxygen atoms in total. The zero-order valence-corrected chi connectivity index (χ0v) is 22.5.